The molecule has 0 unspecified atom stereocenters. The Hall–Kier alpha value is 0.140. The molecule has 0 aliphatic heterocycles. The van der Waals surface area contributed by atoms with Crippen LogP contribution in [-0.2, 0) is 4.79 Å². The number of carbonyl (C=O) groups excluding carboxylic acids is 1. The molecular weight excluding hydrogens is 319 g/mol. The smallest absolute Gasteiger partial charge is 0.236 e. The second-order valence-corrected chi connectivity index (χ2v) is 4.86. The molecule has 0 radical (unpaired) electrons. The molecule has 1 aromatic carbocycles. The van der Waals surface area contributed by atoms with Gasteiger partial charge in [0.15, 0.2) is 0 Å². The molecule has 0 bridgehead atoms. The van der Waals surface area contributed by atoms with Crippen molar-refractivity contribution in [1.29, 1.82) is 0 Å². The lowest BCUT2D eigenvalue weighted by Gasteiger charge is -2.12. The fourth-order valence-electron chi connectivity index (χ4n) is 0.921. The lowest BCUT2D eigenvalue weighted by atomic mass is 10.1. The van der Waals surface area contributed by atoms with Gasteiger partial charge in [-0.05, 0) is 17.2 Å². The number of hydrogen-bond acceptors (Lipinski definition) is 1. The summed E-state index contributed by atoms with van der Waals surface area (Å²) in [5, 5.41) is -0.397. The van der Waals surface area contributed by atoms with Gasteiger partial charge in [0.25, 0.3) is 0 Å². The number of alkyl halides is 2. The predicted molar refractivity (Wildman–Crippen MR) is 61.7 cm³/mol. The minimum atomic E-state index is -0.397. The molecule has 0 saturated carbocycles. The van der Waals surface area contributed by atoms with Gasteiger partial charge >= 0.3 is 0 Å². The monoisotopic (exact) mass is 324 g/mol. The van der Waals surface area contributed by atoms with Crippen LogP contribution in [0.15, 0.2) is 30.3 Å². The maximum atomic E-state index is 10.8. The first kappa shape index (κ1) is 11.2. The quantitative estimate of drug-likeness (QED) is 0.612. The molecule has 2 atom stereocenters. The standard InChI is InChI=1S/C9H7Br2ClO/c10-7(8(11)9(12)13)6-4-2-1-3-5-6/h1-5,7-8H/t7-,8-/m1/s1. The summed E-state index contributed by atoms with van der Waals surface area (Å²) in [5.74, 6) is 0. The molecule has 0 spiro atoms. The highest BCUT2D eigenvalue weighted by molar-refractivity contribution is 9.12. The van der Waals surface area contributed by atoms with Gasteiger partial charge in [0.05, 0.1) is 4.83 Å². The minimum absolute atomic E-state index is 0.0845. The van der Waals surface area contributed by atoms with E-state index in [0.29, 0.717) is 0 Å². The SMILES string of the molecule is O=C(Cl)[C@H](Br)[C@H](Br)c1ccccc1. The number of carbonyl (C=O) groups is 1. The van der Waals surface area contributed by atoms with Crippen molar-refractivity contribution >= 4 is 48.7 Å². The number of halogens is 3. The van der Waals surface area contributed by atoms with Crippen molar-refractivity contribution in [3.05, 3.63) is 35.9 Å². The van der Waals surface area contributed by atoms with Gasteiger partial charge in [0, 0.05) is 0 Å². The van der Waals surface area contributed by atoms with Crippen LogP contribution in [0, 0.1) is 0 Å². The third-order valence-electron chi connectivity index (χ3n) is 1.59. The first-order valence-electron chi connectivity index (χ1n) is 3.65. The molecule has 4 heteroatoms. The van der Waals surface area contributed by atoms with Gasteiger partial charge < -0.3 is 0 Å². The van der Waals surface area contributed by atoms with Crippen LogP contribution in [0.2, 0.25) is 0 Å². The Balaban J connectivity index is 2.79. The second kappa shape index (κ2) is 5.13. The average Bonchev–Trinajstić information content (AvgIpc) is 2.17. The Morgan fingerprint density at radius 3 is 2.23 bits per heavy atom. The Labute approximate surface area is 98.7 Å². The number of hydrogen-bond donors (Lipinski definition) is 0. The van der Waals surface area contributed by atoms with E-state index in [-0.39, 0.29) is 4.83 Å². The van der Waals surface area contributed by atoms with Crippen molar-refractivity contribution in [1.82, 2.24) is 0 Å². The van der Waals surface area contributed by atoms with E-state index in [9.17, 15) is 4.79 Å². The third kappa shape index (κ3) is 3.08. The Kier molecular flexibility index (Phi) is 4.42. The fourth-order valence-corrected chi connectivity index (χ4v) is 2.05. The van der Waals surface area contributed by atoms with Gasteiger partial charge in [0.1, 0.15) is 4.83 Å². The molecule has 0 heterocycles. The maximum Gasteiger partial charge on any atom is 0.236 e. The second-order valence-electron chi connectivity index (χ2n) is 2.52. The highest BCUT2D eigenvalue weighted by atomic mass is 79.9. The zero-order chi connectivity index (χ0) is 9.84. The molecule has 0 aliphatic carbocycles. The first-order chi connectivity index (χ1) is 6.13. The molecule has 0 aliphatic rings. The van der Waals surface area contributed by atoms with Gasteiger partial charge in [-0.3, -0.25) is 4.79 Å². The Morgan fingerprint density at radius 1 is 1.23 bits per heavy atom. The molecule has 0 saturated heterocycles. The molecule has 0 amide bonds. The van der Waals surface area contributed by atoms with Crippen molar-refractivity contribution in [3.8, 4) is 0 Å². The van der Waals surface area contributed by atoms with Crippen LogP contribution in [0.4, 0.5) is 0 Å². The van der Waals surface area contributed by atoms with Crippen molar-refractivity contribution in [2.24, 2.45) is 0 Å². The van der Waals surface area contributed by atoms with Crippen molar-refractivity contribution in [2.75, 3.05) is 0 Å². The summed E-state index contributed by atoms with van der Waals surface area (Å²) in [6.07, 6.45) is 0. The van der Waals surface area contributed by atoms with Crippen LogP contribution in [-0.4, -0.2) is 10.1 Å². The van der Waals surface area contributed by atoms with Crippen molar-refractivity contribution in [2.45, 2.75) is 9.65 Å². The first-order valence-corrected chi connectivity index (χ1v) is 5.86. The Morgan fingerprint density at radius 2 is 1.77 bits per heavy atom. The van der Waals surface area contributed by atoms with E-state index in [2.05, 4.69) is 31.9 Å². The van der Waals surface area contributed by atoms with Crippen LogP contribution < -0.4 is 0 Å². The molecule has 1 rings (SSSR count). The number of rotatable bonds is 3. The molecule has 0 fully saturated rings. The van der Waals surface area contributed by atoms with Gasteiger partial charge in [-0.1, -0.05) is 62.2 Å². The highest BCUT2D eigenvalue weighted by Gasteiger charge is 2.22. The molecule has 1 nitrogen and oxygen atoms in total. The molecular formula is C9H7Br2ClO. The van der Waals surface area contributed by atoms with Crippen molar-refractivity contribution in [3.63, 3.8) is 0 Å². The zero-order valence-electron chi connectivity index (χ0n) is 6.58. The lowest BCUT2D eigenvalue weighted by Crippen LogP contribution is -2.13. The normalized spacial score (nSPS) is 15.0. The molecule has 0 N–H and O–H groups in total. The van der Waals surface area contributed by atoms with E-state index < -0.39 is 10.1 Å². The fraction of sp³-hybridized carbons (Fsp3) is 0.222. The highest BCUT2D eigenvalue weighted by Crippen LogP contribution is 2.32. The molecule has 70 valence electrons. The summed E-state index contributed by atoms with van der Waals surface area (Å²) in [7, 11) is 0. The van der Waals surface area contributed by atoms with Crippen LogP contribution in [0.3, 0.4) is 0 Å². The zero-order valence-corrected chi connectivity index (χ0v) is 10.5. The predicted octanol–water partition coefficient (Wildman–Crippen LogP) is 3.65. The van der Waals surface area contributed by atoms with E-state index >= 15 is 0 Å². The topological polar surface area (TPSA) is 17.1 Å². The van der Waals surface area contributed by atoms with Crippen LogP contribution >= 0.6 is 43.5 Å². The summed E-state index contributed by atoms with van der Waals surface area (Å²) in [6, 6.07) is 9.64. The lowest BCUT2D eigenvalue weighted by molar-refractivity contribution is -0.111. The van der Waals surface area contributed by atoms with E-state index in [1.54, 1.807) is 0 Å². The van der Waals surface area contributed by atoms with Crippen LogP contribution in [0.5, 0.6) is 0 Å². The van der Waals surface area contributed by atoms with E-state index in [1.165, 1.54) is 0 Å². The average molecular weight is 326 g/mol. The van der Waals surface area contributed by atoms with Crippen LogP contribution in [0.25, 0.3) is 0 Å². The van der Waals surface area contributed by atoms with E-state index in [4.69, 9.17) is 11.6 Å². The largest absolute Gasteiger partial charge is 0.280 e. The minimum Gasteiger partial charge on any atom is -0.280 e. The van der Waals surface area contributed by atoms with Gasteiger partial charge in [-0.15, -0.1) is 0 Å². The summed E-state index contributed by atoms with van der Waals surface area (Å²) in [5.41, 5.74) is 1.03. The van der Waals surface area contributed by atoms with E-state index in [0.717, 1.165) is 5.56 Å². The number of benzene rings is 1. The van der Waals surface area contributed by atoms with Gasteiger partial charge in [-0.25, -0.2) is 0 Å². The summed E-state index contributed by atoms with van der Waals surface area (Å²) in [4.78, 5) is 10.4. The van der Waals surface area contributed by atoms with Crippen LogP contribution in [0.1, 0.15) is 10.4 Å². The van der Waals surface area contributed by atoms with Gasteiger partial charge in [0.2, 0.25) is 5.24 Å². The molecule has 13 heavy (non-hydrogen) atoms. The third-order valence-corrected chi connectivity index (χ3v) is 4.80. The summed E-state index contributed by atoms with van der Waals surface area (Å²) >= 11 is 12.0. The van der Waals surface area contributed by atoms with E-state index in [1.807, 2.05) is 30.3 Å². The maximum absolute atomic E-state index is 10.8. The van der Waals surface area contributed by atoms with Gasteiger partial charge in [-0.2, -0.15) is 0 Å². The summed E-state index contributed by atoms with van der Waals surface area (Å²) < 4.78 is 0. The summed E-state index contributed by atoms with van der Waals surface area (Å²) in [6.45, 7) is 0. The van der Waals surface area contributed by atoms with Crippen molar-refractivity contribution < 1.29 is 4.79 Å². The Bertz CT molecular complexity index is 289. The molecule has 0 aromatic heterocycles. The molecule has 1 aromatic rings.